The molecule has 1 aliphatic rings. The maximum atomic E-state index is 6.05. The molecule has 0 amide bonds. The second-order valence-corrected chi connectivity index (χ2v) is 4.90. The van der Waals surface area contributed by atoms with Crippen molar-refractivity contribution in [2.24, 2.45) is 16.6 Å². The minimum absolute atomic E-state index is 0.388. The highest BCUT2D eigenvalue weighted by Gasteiger charge is 2.50. The van der Waals surface area contributed by atoms with Crippen LogP contribution in [0.25, 0.3) is 0 Å². The molecule has 2 N–H and O–H groups in total. The van der Waals surface area contributed by atoms with E-state index >= 15 is 0 Å². The second-order valence-electron chi connectivity index (χ2n) is 4.90. The highest BCUT2D eigenvalue weighted by Crippen LogP contribution is 2.54. The summed E-state index contributed by atoms with van der Waals surface area (Å²) >= 11 is 0. The minimum atomic E-state index is 0.388. The average molecular weight is 155 g/mol. The Morgan fingerprint density at radius 1 is 1.45 bits per heavy atom. The van der Waals surface area contributed by atoms with Crippen molar-refractivity contribution in [2.75, 3.05) is 0 Å². The molecule has 0 radical (unpaired) electrons. The van der Waals surface area contributed by atoms with Gasteiger partial charge in [-0.25, -0.2) is 0 Å². The summed E-state index contributed by atoms with van der Waals surface area (Å²) < 4.78 is 0. The van der Waals surface area contributed by atoms with E-state index in [1.807, 2.05) is 0 Å². The lowest BCUT2D eigenvalue weighted by molar-refractivity contribution is -0.0316. The van der Waals surface area contributed by atoms with Crippen LogP contribution in [0.2, 0.25) is 0 Å². The van der Waals surface area contributed by atoms with E-state index in [1.165, 1.54) is 19.3 Å². The summed E-state index contributed by atoms with van der Waals surface area (Å²) in [5.41, 5.74) is 6.88. The number of hydrogen-bond donors (Lipinski definition) is 1. The van der Waals surface area contributed by atoms with Crippen LogP contribution in [-0.4, -0.2) is 6.04 Å². The summed E-state index contributed by atoms with van der Waals surface area (Å²) in [6.07, 6.45) is 3.79. The molecule has 1 saturated carbocycles. The van der Waals surface area contributed by atoms with Crippen molar-refractivity contribution in [3.05, 3.63) is 0 Å². The summed E-state index contributed by atoms with van der Waals surface area (Å²) in [7, 11) is 0. The lowest BCUT2D eigenvalue weighted by Crippen LogP contribution is -2.57. The SMILES string of the molecule is CCC1(C(C)(C)C)CC[C@@H]1N. The summed E-state index contributed by atoms with van der Waals surface area (Å²) in [6, 6.07) is 0.451. The van der Waals surface area contributed by atoms with Crippen LogP contribution in [0, 0.1) is 10.8 Å². The topological polar surface area (TPSA) is 26.0 Å². The van der Waals surface area contributed by atoms with Gasteiger partial charge in [0.15, 0.2) is 0 Å². The van der Waals surface area contributed by atoms with Crippen LogP contribution >= 0.6 is 0 Å². The molecule has 0 bridgehead atoms. The van der Waals surface area contributed by atoms with Gasteiger partial charge < -0.3 is 5.73 Å². The molecule has 1 unspecified atom stereocenters. The normalized spacial score (nSPS) is 38.5. The van der Waals surface area contributed by atoms with Crippen molar-refractivity contribution in [3.8, 4) is 0 Å². The molecule has 0 aliphatic heterocycles. The standard InChI is InChI=1S/C10H21N/c1-5-10(9(2,3)4)7-6-8(10)11/h8H,5-7,11H2,1-4H3/t8-,10?/m0/s1. The zero-order chi connectivity index (χ0) is 8.70. The Kier molecular flexibility index (Phi) is 2.04. The molecule has 66 valence electrons. The van der Waals surface area contributed by atoms with Gasteiger partial charge in [-0.05, 0) is 30.1 Å². The predicted molar refractivity (Wildman–Crippen MR) is 49.4 cm³/mol. The predicted octanol–water partition coefficient (Wildman–Crippen LogP) is 2.55. The Hall–Kier alpha value is -0.0400. The molecule has 2 atom stereocenters. The maximum Gasteiger partial charge on any atom is 0.0101 e. The van der Waals surface area contributed by atoms with Gasteiger partial charge in [0.1, 0.15) is 0 Å². The summed E-state index contributed by atoms with van der Waals surface area (Å²) in [5.74, 6) is 0. The molecule has 1 heteroatoms. The largest absolute Gasteiger partial charge is 0.327 e. The third kappa shape index (κ3) is 1.10. The fourth-order valence-electron chi connectivity index (χ4n) is 2.56. The van der Waals surface area contributed by atoms with Crippen molar-refractivity contribution in [1.82, 2.24) is 0 Å². The maximum absolute atomic E-state index is 6.05. The first kappa shape index (κ1) is 9.05. The van der Waals surface area contributed by atoms with E-state index in [4.69, 9.17) is 5.73 Å². The van der Waals surface area contributed by atoms with Crippen LogP contribution < -0.4 is 5.73 Å². The number of rotatable bonds is 1. The molecule has 1 rings (SSSR count). The van der Waals surface area contributed by atoms with E-state index in [-0.39, 0.29) is 0 Å². The van der Waals surface area contributed by atoms with Crippen molar-refractivity contribution in [2.45, 2.75) is 53.0 Å². The molecular formula is C10H21N. The van der Waals surface area contributed by atoms with Crippen molar-refractivity contribution >= 4 is 0 Å². The van der Waals surface area contributed by atoms with Crippen LogP contribution in [-0.2, 0) is 0 Å². The molecule has 0 aromatic rings. The van der Waals surface area contributed by atoms with Gasteiger partial charge in [0.2, 0.25) is 0 Å². The van der Waals surface area contributed by atoms with Gasteiger partial charge in [-0.3, -0.25) is 0 Å². The van der Waals surface area contributed by atoms with Gasteiger partial charge in [0.25, 0.3) is 0 Å². The fourth-order valence-corrected chi connectivity index (χ4v) is 2.56. The molecule has 1 nitrogen and oxygen atoms in total. The van der Waals surface area contributed by atoms with Crippen molar-refractivity contribution in [3.63, 3.8) is 0 Å². The Labute approximate surface area is 70.4 Å². The Bertz CT molecular complexity index is 141. The zero-order valence-electron chi connectivity index (χ0n) is 8.28. The van der Waals surface area contributed by atoms with E-state index in [1.54, 1.807) is 0 Å². The molecule has 0 spiro atoms. The average Bonchev–Trinajstić information content (AvgIpc) is 1.84. The lowest BCUT2D eigenvalue weighted by atomic mass is 9.51. The van der Waals surface area contributed by atoms with Crippen LogP contribution in [0.4, 0.5) is 0 Å². The van der Waals surface area contributed by atoms with Crippen LogP contribution in [0.5, 0.6) is 0 Å². The van der Waals surface area contributed by atoms with Crippen molar-refractivity contribution in [1.29, 1.82) is 0 Å². The summed E-state index contributed by atoms with van der Waals surface area (Å²) in [5, 5.41) is 0. The summed E-state index contributed by atoms with van der Waals surface area (Å²) in [4.78, 5) is 0. The molecule has 0 aromatic carbocycles. The summed E-state index contributed by atoms with van der Waals surface area (Å²) in [6.45, 7) is 9.21. The second kappa shape index (κ2) is 2.48. The molecule has 0 heterocycles. The van der Waals surface area contributed by atoms with Gasteiger partial charge >= 0.3 is 0 Å². The van der Waals surface area contributed by atoms with Gasteiger partial charge in [-0.15, -0.1) is 0 Å². The highest BCUT2D eigenvalue weighted by molar-refractivity contribution is 5.04. The molecule has 1 fully saturated rings. The highest BCUT2D eigenvalue weighted by atomic mass is 14.8. The monoisotopic (exact) mass is 155 g/mol. The third-order valence-electron chi connectivity index (χ3n) is 3.74. The van der Waals surface area contributed by atoms with Crippen LogP contribution in [0.15, 0.2) is 0 Å². The van der Waals surface area contributed by atoms with E-state index in [0.717, 1.165) is 0 Å². The minimum Gasteiger partial charge on any atom is -0.327 e. The quantitative estimate of drug-likeness (QED) is 0.618. The Balaban J connectivity index is 2.77. The molecule has 1 aliphatic carbocycles. The lowest BCUT2D eigenvalue weighted by Gasteiger charge is -2.56. The van der Waals surface area contributed by atoms with Gasteiger partial charge in [0.05, 0.1) is 0 Å². The number of nitrogens with two attached hydrogens (primary N) is 1. The fraction of sp³-hybridized carbons (Fsp3) is 1.00. The van der Waals surface area contributed by atoms with E-state index in [0.29, 0.717) is 16.9 Å². The Morgan fingerprint density at radius 3 is 2.00 bits per heavy atom. The zero-order valence-corrected chi connectivity index (χ0v) is 8.28. The van der Waals surface area contributed by atoms with Crippen LogP contribution in [0.1, 0.15) is 47.0 Å². The van der Waals surface area contributed by atoms with E-state index in [9.17, 15) is 0 Å². The third-order valence-corrected chi connectivity index (χ3v) is 3.74. The molecular weight excluding hydrogens is 134 g/mol. The first-order valence-corrected chi connectivity index (χ1v) is 4.69. The van der Waals surface area contributed by atoms with Gasteiger partial charge in [-0.1, -0.05) is 27.7 Å². The Morgan fingerprint density at radius 2 is 2.00 bits per heavy atom. The first-order valence-electron chi connectivity index (χ1n) is 4.69. The first-order chi connectivity index (χ1) is 4.94. The molecule has 0 saturated heterocycles. The van der Waals surface area contributed by atoms with Crippen molar-refractivity contribution < 1.29 is 0 Å². The molecule has 11 heavy (non-hydrogen) atoms. The van der Waals surface area contributed by atoms with Crippen LogP contribution in [0.3, 0.4) is 0 Å². The smallest absolute Gasteiger partial charge is 0.0101 e. The van der Waals surface area contributed by atoms with E-state index in [2.05, 4.69) is 27.7 Å². The van der Waals surface area contributed by atoms with Gasteiger partial charge in [0, 0.05) is 6.04 Å². The number of hydrogen-bond acceptors (Lipinski definition) is 1. The van der Waals surface area contributed by atoms with E-state index < -0.39 is 0 Å². The van der Waals surface area contributed by atoms with Gasteiger partial charge in [-0.2, -0.15) is 0 Å². The molecule has 0 aromatic heterocycles.